The van der Waals surface area contributed by atoms with E-state index in [0.29, 0.717) is 18.0 Å². The van der Waals surface area contributed by atoms with Gasteiger partial charge in [-0.2, -0.15) is 11.8 Å². The van der Waals surface area contributed by atoms with Crippen LogP contribution in [0.5, 0.6) is 0 Å². The van der Waals surface area contributed by atoms with Gasteiger partial charge in [0.1, 0.15) is 0 Å². The second kappa shape index (κ2) is 5.19. The Balaban J connectivity index is 1.44. The van der Waals surface area contributed by atoms with Crippen LogP contribution >= 0.6 is 11.8 Å². The predicted molar refractivity (Wildman–Crippen MR) is 71.1 cm³/mol. The van der Waals surface area contributed by atoms with Gasteiger partial charge in [0.15, 0.2) is 0 Å². The number of carbonyl (C=O) groups is 1. The molecule has 3 saturated heterocycles. The second-order valence-corrected chi connectivity index (χ2v) is 6.92. The summed E-state index contributed by atoms with van der Waals surface area (Å²) in [5.74, 6) is 3.84. The Morgan fingerprint density at radius 2 is 2.06 bits per heavy atom. The highest BCUT2D eigenvalue weighted by Crippen LogP contribution is 2.33. The maximum Gasteiger partial charge on any atom is 0.224 e. The molecule has 3 atom stereocenters. The molecule has 0 radical (unpaired) electrons. The van der Waals surface area contributed by atoms with Gasteiger partial charge in [0.25, 0.3) is 0 Å². The minimum Gasteiger partial charge on any atom is -0.356 e. The van der Waals surface area contributed by atoms with Gasteiger partial charge in [-0.15, -0.1) is 0 Å². The smallest absolute Gasteiger partial charge is 0.224 e. The quantitative estimate of drug-likeness (QED) is 0.799. The first-order valence-corrected chi connectivity index (χ1v) is 8.10. The van der Waals surface area contributed by atoms with Crippen LogP contribution in [0, 0.1) is 11.8 Å². The maximum absolute atomic E-state index is 12.1. The molecular formula is C13H22N2OS. The first-order valence-electron chi connectivity index (χ1n) is 6.94. The fourth-order valence-corrected chi connectivity index (χ4v) is 4.64. The van der Waals surface area contributed by atoms with Crippen molar-refractivity contribution >= 4 is 17.7 Å². The number of rotatable bonds is 3. The Morgan fingerprint density at radius 3 is 2.71 bits per heavy atom. The van der Waals surface area contributed by atoms with Gasteiger partial charge in [-0.3, -0.25) is 4.79 Å². The van der Waals surface area contributed by atoms with E-state index >= 15 is 0 Å². The zero-order chi connectivity index (χ0) is 11.7. The molecular weight excluding hydrogens is 232 g/mol. The van der Waals surface area contributed by atoms with Crippen molar-refractivity contribution in [1.82, 2.24) is 10.6 Å². The molecule has 3 rings (SSSR count). The average Bonchev–Trinajstić information content (AvgIpc) is 2.99. The summed E-state index contributed by atoms with van der Waals surface area (Å²) in [6.07, 6.45) is 6.09. The standard InChI is InChI=1S/C13H22N2OS/c16-13(11-7-10-1-2-12(11)15-10)14-8-9-3-5-17-6-4-9/h9-12,15H,1-8H2,(H,14,16). The summed E-state index contributed by atoms with van der Waals surface area (Å²) in [4.78, 5) is 12.1. The van der Waals surface area contributed by atoms with Crippen LogP contribution in [-0.4, -0.2) is 36.0 Å². The summed E-state index contributed by atoms with van der Waals surface area (Å²) in [6.45, 7) is 0.910. The number of amides is 1. The molecule has 3 nitrogen and oxygen atoms in total. The van der Waals surface area contributed by atoms with Gasteiger partial charge in [-0.1, -0.05) is 0 Å². The Labute approximate surface area is 107 Å². The van der Waals surface area contributed by atoms with Crippen molar-refractivity contribution in [2.45, 2.75) is 44.2 Å². The van der Waals surface area contributed by atoms with E-state index in [1.54, 1.807) is 0 Å². The molecule has 0 spiro atoms. The van der Waals surface area contributed by atoms with E-state index in [1.165, 1.54) is 37.2 Å². The van der Waals surface area contributed by atoms with Gasteiger partial charge in [0.2, 0.25) is 5.91 Å². The van der Waals surface area contributed by atoms with E-state index in [9.17, 15) is 4.79 Å². The number of hydrogen-bond acceptors (Lipinski definition) is 3. The highest BCUT2D eigenvalue weighted by atomic mass is 32.2. The molecule has 3 aliphatic rings. The van der Waals surface area contributed by atoms with Crippen LogP contribution in [0.25, 0.3) is 0 Å². The molecule has 3 unspecified atom stereocenters. The lowest BCUT2D eigenvalue weighted by Gasteiger charge is -2.24. The van der Waals surface area contributed by atoms with Gasteiger partial charge in [0.05, 0.1) is 5.92 Å². The molecule has 0 aliphatic carbocycles. The fraction of sp³-hybridized carbons (Fsp3) is 0.923. The number of thioether (sulfide) groups is 1. The summed E-state index contributed by atoms with van der Waals surface area (Å²) >= 11 is 2.05. The molecule has 17 heavy (non-hydrogen) atoms. The van der Waals surface area contributed by atoms with Crippen molar-refractivity contribution < 1.29 is 4.79 Å². The van der Waals surface area contributed by atoms with Gasteiger partial charge >= 0.3 is 0 Å². The predicted octanol–water partition coefficient (Wildman–Crippen LogP) is 1.39. The van der Waals surface area contributed by atoms with E-state index in [-0.39, 0.29) is 5.92 Å². The molecule has 0 saturated carbocycles. The van der Waals surface area contributed by atoms with Crippen molar-refractivity contribution in [3.05, 3.63) is 0 Å². The SMILES string of the molecule is O=C(NCC1CCSCC1)C1CC2CCC1N2. The van der Waals surface area contributed by atoms with Crippen LogP contribution < -0.4 is 10.6 Å². The van der Waals surface area contributed by atoms with E-state index in [4.69, 9.17) is 0 Å². The van der Waals surface area contributed by atoms with Crippen molar-refractivity contribution in [2.75, 3.05) is 18.1 Å². The highest BCUT2D eigenvalue weighted by Gasteiger charge is 2.42. The van der Waals surface area contributed by atoms with Crippen LogP contribution in [-0.2, 0) is 4.79 Å². The molecule has 0 aromatic heterocycles. The Hall–Kier alpha value is -0.220. The van der Waals surface area contributed by atoms with E-state index in [1.807, 2.05) is 11.8 Å². The van der Waals surface area contributed by atoms with Gasteiger partial charge in [0, 0.05) is 18.6 Å². The van der Waals surface area contributed by atoms with Crippen LogP contribution in [0.15, 0.2) is 0 Å². The maximum atomic E-state index is 12.1. The van der Waals surface area contributed by atoms with Crippen molar-refractivity contribution in [3.8, 4) is 0 Å². The van der Waals surface area contributed by atoms with Crippen LogP contribution in [0.4, 0.5) is 0 Å². The minimum absolute atomic E-state index is 0.256. The van der Waals surface area contributed by atoms with Gasteiger partial charge in [-0.05, 0) is 49.5 Å². The first kappa shape index (κ1) is 11.8. The van der Waals surface area contributed by atoms with Crippen LogP contribution in [0.1, 0.15) is 32.1 Å². The second-order valence-electron chi connectivity index (χ2n) is 5.69. The van der Waals surface area contributed by atoms with E-state index < -0.39 is 0 Å². The van der Waals surface area contributed by atoms with Gasteiger partial charge in [-0.25, -0.2) is 0 Å². The van der Waals surface area contributed by atoms with Crippen LogP contribution in [0.2, 0.25) is 0 Å². The summed E-state index contributed by atoms with van der Waals surface area (Å²) in [5, 5.41) is 6.72. The zero-order valence-corrected chi connectivity index (χ0v) is 11.1. The number of hydrogen-bond donors (Lipinski definition) is 2. The molecule has 2 bridgehead atoms. The van der Waals surface area contributed by atoms with Crippen molar-refractivity contribution in [2.24, 2.45) is 11.8 Å². The topological polar surface area (TPSA) is 41.1 Å². The third kappa shape index (κ3) is 2.63. The van der Waals surface area contributed by atoms with Crippen LogP contribution in [0.3, 0.4) is 0 Å². The third-order valence-electron chi connectivity index (χ3n) is 4.54. The summed E-state index contributed by atoms with van der Waals surface area (Å²) in [7, 11) is 0. The molecule has 96 valence electrons. The molecule has 0 aromatic rings. The molecule has 0 aromatic carbocycles. The Morgan fingerprint density at radius 1 is 1.24 bits per heavy atom. The summed E-state index contributed by atoms with van der Waals surface area (Å²) < 4.78 is 0. The molecule has 4 heteroatoms. The summed E-state index contributed by atoms with van der Waals surface area (Å²) in [5.41, 5.74) is 0. The monoisotopic (exact) mass is 254 g/mol. The average molecular weight is 254 g/mol. The third-order valence-corrected chi connectivity index (χ3v) is 5.59. The van der Waals surface area contributed by atoms with E-state index in [0.717, 1.165) is 18.9 Å². The zero-order valence-electron chi connectivity index (χ0n) is 10.3. The first-order chi connectivity index (χ1) is 8.33. The van der Waals surface area contributed by atoms with Gasteiger partial charge < -0.3 is 10.6 Å². The van der Waals surface area contributed by atoms with E-state index in [2.05, 4.69) is 10.6 Å². The van der Waals surface area contributed by atoms with Crippen molar-refractivity contribution in [1.29, 1.82) is 0 Å². The highest BCUT2D eigenvalue weighted by molar-refractivity contribution is 7.99. The molecule has 3 heterocycles. The molecule has 3 aliphatic heterocycles. The Kier molecular flexibility index (Phi) is 3.61. The molecule has 3 fully saturated rings. The minimum atomic E-state index is 0.256. The number of nitrogens with one attached hydrogen (secondary N) is 2. The number of carbonyl (C=O) groups excluding carboxylic acids is 1. The lowest BCUT2D eigenvalue weighted by molar-refractivity contribution is -0.125. The Bertz CT molecular complexity index is 291. The lowest BCUT2D eigenvalue weighted by atomic mass is 9.88. The van der Waals surface area contributed by atoms with Crippen molar-refractivity contribution in [3.63, 3.8) is 0 Å². The number of fused-ring (bicyclic) bond motifs is 2. The largest absolute Gasteiger partial charge is 0.356 e. The molecule has 1 amide bonds. The fourth-order valence-electron chi connectivity index (χ4n) is 3.44. The summed E-state index contributed by atoms with van der Waals surface area (Å²) in [6, 6.07) is 1.10. The molecule has 2 N–H and O–H groups in total. The lowest BCUT2D eigenvalue weighted by Crippen LogP contribution is -2.40. The normalized spacial score (nSPS) is 37.3.